The zero-order valence-electron chi connectivity index (χ0n) is 9.88. The second-order valence-corrected chi connectivity index (χ2v) is 5.07. The van der Waals surface area contributed by atoms with Gasteiger partial charge in [0, 0.05) is 5.02 Å². The summed E-state index contributed by atoms with van der Waals surface area (Å²) in [6.45, 7) is 0. The fourth-order valence-electron chi connectivity index (χ4n) is 2.13. The summed E-state index contributed by atoms with van der Waals surface area (Å²) in [5.74, 6) is 0.700. The second-order valence-electron chi connectivity index (χ2n) is 4.64. The third-order valence-corrected chi connectivity index (χ3v) is 3.46. The van der Waals surface area contributed by atoms with E-state index in [1.165, 1.54) is 18.4 Å². The molecule has 18 heavy (non-hydrogen) atoms. The summed E-state index contributed by atoms with van der Waals surface area (Å²) in [6, 6.07) is 8.38. The number of hydrogen-bond acceptors (Lipinski definition) is 3. The van der Waals surface area contributed by atoms with Crippen molar-refractivity contribution in [2.75, 3.05) is 5.32 Å². The van der Waals surface area contributed by atoms with E-state index in [2.05, 4.69) is 27.4 Å². The van der Waals surface area contributed by atoms with Gasteiger partial charge in [0.2, 0.25) is 0 Å². The van der Waals surface area contributed by atoms with Crippen LogP contribution in [-0.4, -0.2) is 9.97 Å². The summed E-state index contributed by atoms with van der Waals surface area (Å²) in [7, 11) is 0. The van der Waals surface area contributed by atoms with Gasteiger partial charge in [-0.25, -0.2) is 9.97 Å². The highest BCUT2D eigenvalue weighted by molar-refractivity contribution is 6.30. The van der Waals surface area contributed by atoms with Crippen LogP contribution in [0.25, 0.3) is 0 Å². The number of rotatable bonds is 4. The monoisotopic (exact) mass is 259 g/mol. The third-order valence-electron chi connectivity index (χ3n) is 3.21. The number of halogens is 1. The van der Waals surface area contributed by atoms with Gasteiger partial charge < -0.3 is 5.32 Å². The van der Waals surface area contributed by atoms with Gasteiger partial charge in [-0.15, -0.1) is 0 Å². The molecular formula is C14H14ClN3. The van der Waals surface area contributed by atoms with E-state index >= 15 is 0 Å². The molecule has 1 saturated carbocycles. The fraction of sp³-hybridized carbons (Fsp3) is 0.286. The third kappa shape index (κ3) is 2.62. The number of benzene rings is 1. The number of aromatic nitrogens is 2. The molecule has 1 N–H and O–H groups in total. The summed E-state index contributed by atoms with van der Waals surface area (Å²) in [5.41, 5.74) is 2.23. The molecule has 1 fully saturated rings. The summed E-state index contributed by atoms with van der Waals surface area (Å²) < 4.78 is 0. The Kier molecular flexibility index (Phi) is 3.15. The Hall–Kier alpha value is -1.61. The van der Waals surface area contributed by atoms with E-state index < -0.39 is 0 Å². The lowest BCUT2D eigenvalue weighted by atomic mass is 10.0. The van der Waals surface area contributed by atoms with Gasteiger partial charge in [-0.2, -0.15) is 0 Å². The standard InChI is InChI=1S/C14H14ClN3/c15-12-5-3-11(4-6-12)14(10-1-2-10)18-13-7-16-9-17-8-13/h3-10,14,18H,1-2H2. The Morgan fingerprint density at radius 2 is 1.78 bits per heavy atom. The molecule has 1 atom stereocenters. The lowest BCUT2D eigenvalue weighted by Crippen LogP contribution is -2.13. The molecule has 0 saturated heterocycles. The summed E-state index contributed by atoms with van der Waals surface area (Å²) in [5, 5.41) is 4.28. The van der Waals surface area contributed by atoms with Crippen LogP contribution in [0, 0.1) is 5.92 Å². The van der Waals surface area contributed by atoms with Crippen molar-refractivity contribution in [2.45, 2.75) is 18.9 Å². The smallest absolute Gasteiger partial charge is 0.115 e. The van der Waals surface area contributed by atoms with Gasteiger partial charge in [0.25, 0.3) is 0 Å². The first kappa shape index (κ1) is 11.5. The number of nitrogens with zero attached hydrogens (tertiary/aromatic N) is 2. The highest BCUT2D eigenvalue weighted by atomic mass is 35.5. The molecule has 92 valence electrons. The normalized spacial score (nSPS) is 16.3. The topological polar surface area (TPSA) is 37.8 Å². The molecular weight excluding hydrogens is 246 g/mol. The molecule has 0 amide bonds. The Bertz CT molecular complexity index is 508. The van der Waals surface area contributed by atoms with Gasteiger partial charge in [0.15, 0.2) is 0 Å². The van der Waals surface area contributed by atoms with Gasteiger partial charge in [0.1, 0.15) is 6.33 Å². The van der Waals surface area contributed by atoms with E-state index in [1.54, 1.807) is 18.7 Å². The van der Waals surface area contributed by atoms with Crippen molar-refractivity contribution < 1.29 is 0 Å². The minimum absolute atomic E-state index is 0.327. The van der Waals surface area contributed by atoms with Gasteiger partial charge in [0.05, 0.1) is 24.1 Å². The molecule has 4 heteroatoms. The van der Waals surface area contributed by atoms with Crippen LogP contribution in [0.15, 0.2) is 43.0 Å². The summed E-state index contributed by atoms with van der Waals surface area (Å²) in [4.78, 5) is 8.06. The molecule has 1 aromatic carbocycles. The lowest BCUT2D eigenvalue weighted by Gasteiger charge is -2.19. The minimum atomic E-state index is 0.327. The maximum absolute atomic E-state index is 5.93. The SMILES string of the molecule is Clc1ccc(C(Nc2cncnc2)C2CC2)cc1. The van der Waals surface area contributed by atoms with Crippen molar-refractivity contribution in [3.05, 3.63) is 53.6 Å². The summed E-state index contributed by atoms with van der Waals surface area (Å²) >= 11 is 5.93. The predicted octanol–water partition coefficient (Wildman–Crippen LogP) is 3.69. The molecule has 0 spiro atoms. The van der Waals surface area contributed by atoms with Crippen molar-refractivity contribution in [1.29, 1.82) is 0 Å². The van der Waals surface area contributed by atoms with Crippen LogP contribution in [0.2, 0.25) is 5.02 Å². The first-order valence-electron chi connectivity index (χ1n) is 6.10. The quantitative estimate of drug-likeness (QED) is 0.910. The first-order valence-corrected chi connectivity index (χ1v) is 6.48. The minimum Gasteiger partial charge on any atom is -0.375 e. The van der Waals surface area contributed by atoms with Crippen LogP contribution in [-0.2, 0) is 0 Å². The van der Waals surface area contributed by atoms with Crippen molar-refractivity contribution >= 4 is 17.3 Å². The van der Waals surface area contributed by atoms with Gasteiger partial charge in [-0.05, 0) is 36.5 Å². The van der Waals surface area contributed by atoms with E-state index in [4.69, 9.17) is 11.6 Å². The number of nitrogens with one attached hydrogen (secondary N) is 1. The van der Waals surface area contributed by atoms with Gasteiger partial charge in [-0.3, -0.25) is 0 Å². The van der Waals surface area contributed by atoms with Gasteiger partial charge in [-0.1, -0.05) is 23.7 Å². The van der Waals surface area contributed by atoms with Crippen LogP contribution >= 0.6 is 11.6 Å². The molecule has 2 aromatic rings. The lowest BCUT2D eigenvalue weighted by molar-refractivity contribution is 0.678. The highest BCUT2D eigenvalue weighted by Crippen LogP contribution is 2.42. The van der Waals surface area contributed by atoms with Crippen LogP contribution in [0.3, 0.4) is 0 Å². The highest BCUT2D eigenvalue weighted by Gasteiger charge is 2.32. The van der Waals surface area contributed by atoms with Crippen molar-refractivity contribution in [3.8, 4) is 0 Å². The average Bonchev–Trinajstić information content (AvgIpc) is 3.23. The average molecular weight is 260 g/mol. The zero-order valence-corrected chi connectivity index (χ0v) is 10.6. The van der Waals surface area contributed by atoms with E-state index in [0.717, 1.165) is 10.7 Å². The van der Waals surface area contributed by atoms with Crippen molar-refractivity contribution in [1.82, 2.24) is 9.97 Å². The first-order chi connectivity index (χ1) is 8.83. The van der Waals surface area contributed by atoms with Crippen LogP contribution < -0.4 is 5.32 Å². The Balaban J connectivity index is 1.82. The van der Waals surface area contributed by atoms with Crippen LogP contribution in [0.1, 0.15) is 24.4 Å². The van der Waals surface area contributed by atoms with Gasteiger partial charge >= 0.3 is 0 Å². The molecule has 1 unspecified atom stereocenters. The largest absolute Gasteiger partial charge is 0.375 e. The van der Waals surface area contributed by atoms with E-state index in [9.17, 15) is 0 Å². The number of hydrogen-bond donors (Lipinski definition) is 1. The maximum Gasteiger partial charge on any atom is 0.115 e. The molecule has 0 bridgehead atoms. The fourth-order valence-corrected chi connectivity index (χ4v) is 2.25. The molecule has 1 aliphatic carbocycles. The molecule has 3 rings (SSSR count). The second kappa shape index (κ2) is 4.94. The van der Waals surface area contributed by atoms with Crippen LogP contribution in [0.4, 0.5) is 5.69 Å². The summed E-state index contributed by atoms with van der Waals surface area (Å²) in [6.07, 6.45) is 7.69. The van der Waals surface area contributed by atoms with E-state index in [0.29, 0.717) is 12.0 Å². The van der Waals surface area contributed by atoms with Crippen LogP contribution in [0.5, 0.6) is 0 Å². The molecule has 1 aliphatic rings. The molecule has 1 aromatic heterocycles. The zero-order chi connectivity index (χ0) is 12.4. The van der Waals surface area contributed by atoms with Crippen molar-refractivity contribution in [2.24, 2.45) is 5.92 Å². The molecule has 0 radical (unpaired) electrons. The number of anilines is 1. The molecule has 1 heterocycles. The molecule has 3 nitrogen and oxygen atoms in total. The Labute approximate surface area is 111 Å². The predicted molar refractivity (Wildman–Crippen MR) is 72.6 cm³/mol. The Morgan fingerprint density at radius 1 is 1.11 bits per heavy atom. The maximum atomic E-state index is 5.93. The van der Waals surface area contributed by atoms with E-state index in [-0.39, 0.29) is 0 Å². The van der Waals surface area contributed by atoms with Crippen molar-refractivity contribution in [3.63, 3.8) is 0 Å². The van der Waals surface area contributed by atoms with E-state index in [1.807, 2.05) is 12.1 Å². The Morgan fingerprint density at radius 3 is 2.39 bits per heavy atom. The molecule has 0 aliphatic heterocycles.